The largest absolute Gasteiger partial charge is 0.391 e. The molecule has 72 valence electrons. The van der Waals surface area contributed by atoms with E-state index in [0.717, 1.165) is 13.1 Å². The van der Waals surface area contributed by atoms with Gasteiger partial charge in [-0.2, -0.15) is 11.8 Å². The van der Waals surface area contributed by atoms with Crippen LogP contribution < -0.4 is 5.32 Å². The Labute approximate surface area is 79.1 Å². The topological polar surface area (TPSA) is 32.3 Å². The van der Waals surface area contributed by atoms with Crippen molar-refractivity contribution < 1.29 is 5.11 Å². The molecule has 0 unspecified atom stereocenters. The molecular formula is C9H19NOS. The summed E-state index contributed by atoms with van der Waals surface area (Å²) in [4.78, 5) is 0. The fourth-order valence-electron chi connectivity index (χ4n) is 1.40. The molecule has 3 heteroatoms. The Morgan fingerprint density at radius 2 is 2.25 bits per heavy atom. The Hall–Kier alpha value is 0.270. The highest BCUT2D eigenvalue weighted by Gasteiger charge is 2.24. The van der Waals surface area contributed by atoms with Crippen LogP contribution in [0.4, 0.5) is 0 Å². The molecule has 0 amide bonds. The Balaban J connectivity index is 1.98. The van der Waals surface area contributed by atoms with Crippen LogP contribution in [0.15, 0.2) is 0 Å². The molecule has 0 bridgehead atoms. The van der Waals surface area contributed by atoms with Crippen molar-refractivity contribution in [1.29, 1.82) is 0 Å². The van der Waals surface area contributed by atoms with Gasteiger partial charge in [-0.15, -0.1) is 0 Å². The molecule has 2 atom stereocenters. The van der Waals surface area contributed by atoms with Gasteiger partial charge in [-0.05, 0) is 12.2 Å². The van der Waals surface area contributed by atoms with E-state index < -0.39 is 0 Å². The molecule has 0 aromatic rings. The monoisotopic (exact) mass is 189 g/mol. The Bertz CT molecular complexity index is 121. The molecule has 1 saturated heterocycles. The fraction of sp³-hybridized carbons (Fsp3) is 1.00. The van der Waals surface area contributed by atoms with Crippen molar-refractivity contribution in [3.63, 3.8) is 0 Å². The number of aliphatic hydroxyl groups is 1. The summed E-state index contributed by atoms with van der Waals surface area (Å²) in [6.07, 6.45) is 3.79. The third kappa shape index (κ3) is 3.33. The highest BCUT2D eigenvalue weighted by Crippen LogP contribution is 2.19. The van der Waals surface area contributed by atoms with Crippen molar-refractivity contribution >= 4 is 11.8 Å². The summed E-state index contributed by atoms with van der Waals surface area (Å²) in [6, 6.07) is 0. The van der Waals surface area contributed by atoms with Gasteiger partial charge in [0.05, 0.1) is 6.10 Å². The number of thioether (sulfide) groups is 1. The van der Waals surface area contributed by atoms with Gasteiger partial charge in [0, 0.05) is 18.3 Å². The van der Waals surface area contributed by atoms with Crippen LogP contribution in [0, 0.1) is 0 Å². The molecule has 1 aliphatic rings. The number of rotatable bonds is 5. The van der Waals surface area contributed by atoms with Gasteiger partial charge >= 0.3 is 0 Å². The normalized spacial score (nSPS) is 29.5. The highest BCUT2D eigenvalue weighted by atomic mass is 32.2. The number of nitrogens with one attached hydrogen (secondary N) is 1. The average Bonchev–Trinajstić information content (AvgIpc) is 2.46. The lowest BCUT2D eigenvalue weighted by Crippen LogP contribution is -2.20. The molecule has 1 heterocycles. The molecular weight excluding hydrogens is 170 g/mol. The molecule has 1 aliphatic heterocycles. The molecule has 1 fully saturated rings. The van der Waals surface area contributed by atoms with E-state index >= 15 is 0 Å². The smallest absolute Gasteiger partial charge is 0.0795 e. The first-order chi connectivity index (χ1) is 5.84. The first kappa shape index (κ1) is 10.4. The SMILES string of the molecule is CCCCCS[C@H]1CNC[C@@H]1O. The minimum Gasteiger partial charge on any atom is -0.391 e. The van der Waals surface area contributed by atoms with Gasteiger partial charge in [-0.3, -0.25) is 0 Å². The highest BCUT2D eigenvalue weighted by molar-refractivity contribution is 8.00. The Morgan fingerprint density at radius 3 is 2.83 bits per heavy atom. The molecule has 2 nitrogen and oxygen atoms in total. The zero-order valence-electron chi connectivity index (χ0n) is 7.75. The van der Waals surface area contributed by atoms with Crippen molar-refractivity contribution in [3.8, 4) is 0 Å². The van der Waals surface area contributed by atoms with Crippen LogP contribution in [-0.2, 0) is 0 Å². The number of hydrogen-bond acceptors (Lipinski definition) is 3. The number of aliphatic hydroxyl groups excluding tert-OH is 1. The predicted molar refractivity (Wildman–Crippen MR) is 54.6 cm³/mol. The van der Waals surface area contributed by atoms with Crippen LogP contribution in [0.3, 0.4) is 0 Å². The van der Waals surface area contributed by atoms with Gasteiger partial charge in [0.2, 0.25) is 0 Å². The third-order valence-electron chi connectivity index (χ3n) is 2.21. The second kappa shape index (κ2) is 5.84. The van der Waals surface area contributed by atoms with Crippen molar-refractivity contribution in [3.05, 3.63) is 0 Å². The van der Waals surface area contributed by atoms with E-state index in [0.29, 0.717) is 5.25 Å². The summed E-state index contributed by atoms with van der Waals surface area (Å²) in [5, 5.41) is 13.1. The van der Waals surface area contributed by atoms with E-state index in [9.17, 15) is 5.11 Å². The van der Waals surface area contributed by atoms with Crippen molar-refractivity contribution in [1.82, 2.24) is 5.32 Å². The first-order valence-electron chi connectivity index (χ1n) is 4.85. The van der Waals surface area contributed by atoms with Crippen LogP contribution in [0.25, 0.3) is 0 Å². The summed E-state index contributed by atoms with van der Waals surface area (Å²) in [7, 11) is 0. The second-order valence-corrected chi connectivity index (χ2v) is 4.69. The molecule has 0 aromatic carbocycles. The van der Waals surface area contributed by atoms with E-state index in [2.05, 4.69) is 12.2 Å². The first-order valence-corrected chi connectivity index (χ1v) is 5.90. The lowest BCUT2D eigenvalue weighted by Gasteiger charge is -2.11. The Kier molecular flexibility index (Phi) is 5.04. The van der Waals surface area contributed by atoms with Crippen LogP contribution in [-0.4, -0.2) is 35.3 Å². The molecule has 0 radical (unpaired) electrons. The maximum Gasteiger partial charge on any atom is 0.0795 e. The number of unbranched alkanes of at least 4 members (excludes halogenated alkanes) is 2. The zero-order chi connectivity index (χ0) is 8.81. The standard InChI is InChI=1S/C9H19NOS/c1-2-3-4-5-12-9-7-10-6-8(9)11/h8-11H,2-7H2,1H3/t8-,9-/m0/s1. The molecule has 1 rings (SSSR count). The quantitative estimate of drug-likeness (QED) is 0.638. The predicted octanol–water partition coefficient (Wildman–Crippen LogP) is 1.24. The van der Waals surface area contributed by atoms with Gasteiger partial charge in [0.1, 0.15) is 0 Å². The molecule has 0 spiro atoms. The van der Waals surface area contributed by atoms with Gasteiger partial charge in [-0.25, -0.2) is 0 Å². The van der Waals surface area contributed by atoms with Crippen molar-refractivity contribution in [2.45, 2.75) is 37.5 Å². The van der Waals surface area contributed by atoms with Gasteiger partial charge in [-0.1, -0.05) is 19.8 Å². The van der Waals surface area contributed by atoms with E-state index in [1.165, 1.54) is 25.0 Å². The minimum absolute atomic E-state index is 0.114. The Morgan fingerprint density at radius 1 is 1.42 bits per heavy atom. The molecule has 0 saturated carbocycles. The average molecular weight is 189 g/mol. The maximum absolute atomic E-state index is 9.46. The van der Waals surface area contributed by atoms with Gasteiger partial charge in [0.15, 0.2) is 0 Å². The summed E-state index contributed by atoms with van der Waals surface area (Å²) >= 11 is 1.92. The number of hydrogen-bond donors (Lipinski definition) is 2. The van der Waals surface area contributed by atoms with Gasteiger partial charge < -0.3 is 10.4 Å². The van der Waals surface area contributed by atoms with Crippen LogP contribution in [0.5, 0.6) is 0 Å². The van der Waals surface area contributed by atoms with Crippen molar-refractivity contribution in [2.75, 3.05) is 18.8 Å². The van der Waals surface area contributed by atoms with Crippen LogP contribution in [0.1, 0.15) is 26.2 Å². The number of β-amino-alcohol motifs (C(OH)–C–C–N with tert-alkyl or cyclic N) is 1. The lowest BCUT2D eigenvalue weighted by molar-refractivity contribution is 0.201. The summed E-state index contributed by atoms with van der Waals surface area (Å²) in [5.41, 5.74) is 0. The van der Waals surface area contributed by atoms with E-state index in [1.54, 1.807) is 0 Å². The van der Waals surface area contributed by atoms with Crippen LogP contribution >= 0.6 is 11.8 Å². The molecule has 2 N–H and O–H groups in total. The van der Waals surface area contributed by atoms with E-state index in [1.807, 2.05) is 11.8 Å². The van der Waals surface area contributed by atoms with Gasteiger partial charge in [0.25, 0.3) is 0 Å². The maximum atomic E-state index is 9.46. The minimum atomic E-state index is -0.114. The fourth-order valence-corrected chi connectivity index (χ4v) is 2.63. The lowest BCUT2D eigenvalue weighted by atomic mass is 10.3. The summed E-state index contributed by atoms with van der Waals surface area (Å²) in [5.74, 6) is 1.21. The third-order valence-corrected chi connectivity index (χ3v) is 3.64. The van der Waals surface area contributed by atoms with E-state index in [-0.39, 0.29) is 6.10 Å². The zero-order valence-corrected chi connectivity index (χ0v) is 8.57. The van der Waals surface area contributed by atoms with Crippen LogP contribution in [0.2, 0.25) is 0 Å². The summed E-state index contributed by atoms with van der Waals surface area (Å²) in [6.45, 7) is 3.99. The second-order valence-electron chi connectivity index (χ2n) is 3.34. The molecule has 12 heavy (non-hydrogen) atoms. The molecule has 0 aromatic heterocycles. The van der Waals surface area contributed by atoms with Crippen molar-refractivity contribution in [2.24, 2.45) is 0 Å². The summed E-state index contributed by atoms with van der Waals surface area (Å²) < 4.78 is 0. The van der Waals surface area contributed by atoms with E-state index in [4.69, 9.17) is 0 Å². The molecule has 0 aliphatic carbocycles.